The van der Waals surface area contributed by atoms with Crippen molar-refractivity contribution in [3.05, 3.63) is 29.3 Å². The Morgan fingerprint density at radius 2 is 2.29 bits per heavy atom. The van der Waals surface area contributed by atoms with Crippen molar-refractivity contribution in [1.82, 2.24) is 0 Å². The van der Waals surface area contributed by atoms with Gasteiger partial charge in [-0.3, -0.25) is 0 Å². The molecule has 0 amide bonds. The lowest BCUT2D eigenvalue weighted by Crippen LogP contribution is -2.29. The molecule has 1 aromatic carbocycles. The van der Waals surface area contributed by atoms with Crippen LogP contribution >= 0.6 is 0 Å². The van der Waals surface area contributed by atoms with Crippen LogP contribution in [0.15, 0.2) is 23.4 Å². The Bertz CT molecular complexity index is 442. The predicted molar refractivity (Wildman–Crippen MR) is 69.7 cm³/mol. The van der Waals surface area contributed by atoms with Gasteiger partial charge in [0.25, 0.3) is 0 Å². The Morgan fingerprint density at radius 3 is 2.88 bits per heavy atom. The van der Waals surface area contributed by atoms with E-state index >= 15 is 0 Å². The fourth-order valence-electron chi connectivity index (χ4n) is 2.44. The zero-order valence-corrected chi connectivity index (χ0v) is 10.3. The first-order chi connectivity index (χ1) is 8.13. The van der Waals surface area contributed by atoms with Crippen LogP contribution < -0.4 is 10.6 Å². The molecule has 4 nitrogen and oxygen atoms in total. The Balaban J connectivity index is 2.46. The van der Waals surface area contributed by atoms with E-state index < -0.39 is 0 Å². The molecule has 1 atom stereocenters. The maximum Gasteiger partial charge on any atom is 0.172 e. The minimum absolute atomic E-state index is 0.180. The molecule has 1 aliphatic rings. The van der Waals surface area contributed by atoms with Crippen molar-refractivity contribution in [1.29, 1.82) is 0 Å². The summed E-state index contributed by atoms with van der Waals surface area (Å²) in [5.41, 5.74) is 8.81. The molecule has 0 radical (unpaired) electrons. The van der Waals surface area contributed by atoms with Crippen molar-refractivity contribution < 1.29 is 5.21 Å². The number of hydrogen-bond donors (Lipinski definition) is 2. The summed E-state index contributed by atoms with van der Waals surface area (Å²) in [6.07, 6.45) is 2.40. The van der Waals surface area contributed by atoms with Crippen LogP contribution in [0.2, 0.25) is 0 Å². The molecule has 0 aliphatic carbocycles. The summed E-state index contributed by atoms with van der Waals surface area (Å²) < 4.78 is 0. The average Bonchev–Trinajstić information content (AvgIpc) is 2.74. The summed E-state index contributed by atoms with van der Waals surface area (Å²) in [4.78, 5) is 2.33. The van der Waals surface area contributed by atoms with Gasteiger partial charge in [-0.25, -0.2) is 0 Å². The van der Waals surface area contributed by atoms with E-state index in [-0.39, 0.29) is 5.84 Å². The maximum absolute atomic E-state index is 8.84. The summed E-state index contributed by atoms with van der Waals surface area (Å²) in [5.74, 6) is 0.180. The van der Waals surface area contributed by atoms with Crippen LogP contribution in [0.3, 0.4) is 0 Å². The molecule has 1 unspecified atom stereocenters. The van der Waals surface area contributed by atoms with Gasteiger partial charge in [0, 0.05) is 23.8 Å². The second-order valence-electron chi connectivity index (χ2n) is 4.69. The molecule has 17 heavy (non-hydrogen) atoms. The van der Waals surface area contributed by atoms with Gasteiger partial charge in [0.05, 0.1) is 0 Å². The minimum atomic E-state index is 0.180. The van der Waals surface area contributed by atoms with Crippen LogP contribution in [0.1, 0.15) is 30.9 Å². The van der Waals surface area contributed by atoms with E-state index in [4.69, 9.17) is 10.9 Å². The van der Waals surface area contributed by atoms with E-state index in [2.05, 4.69) is 30.0 Å². The Kier molecular flexibility index (Phi) is 3.22. The SMILES string of the molecule is Cc1ccc(C(N)=NO)c(N2CCCC2C)c1. The first kappa shape index (κ1) is 11.8. The average molecular weight is 233 g/mol. The second kappa shape index (κ2) is 4.65. The summed E-state index contributed by atoms with van der Waals surface area (Å²) >= 11 is 0. The van der Waals surface area contributed by atoms with Gasteiger partial charge in [-0.05, 0) is 44.4 Å². The molecule has 2 rings (SSSR count). The number of hydrogen-bond acceptors (Lipinski definition) is 3. The molecule has 1 aromatic rings. The monoisotopic (exact) mass is 233 g/mol. The summed E-state index contributed by atoms with van der Waals surface area (Å²) in [5, 5.41) is 11.9. The number of oxime groups is 1. The number of nitrogens with zero attached hydrogens (tertiary/aromatic N) is 2. The van der Waals surface area contributed by atoms with E-state index in [1.54, 1.807) is 0 Å². The van der Waals surface area contributed by atoms with Gasteiger partial charge < -0.3 is 15.8 Å². The predicted octanol–water partition coefficient (Wildman–Crippen LogP) is 2.08. The molecular weight excluding hydrogens is 214 g/mol. The van der Waals surface area contributed by atoms with E-state index in [9.17, 15) is 0 Å². The molecular formula is C13H19N3O. The normalized spacial score (nSPS) is 20.9. The van der Waals surface area contributed by atoms with Gasteiger partial charge in [-0.15, -0.1) is 0 Å². The van der Waals surface area contributed by atoms with Crippen molar-refractivity contribution in [2.24, 2.45) is 10.9 Å². The van der Waals surface area contributed by atoms with Gasteiger partial charge in [-0.2, -0.15) is 0 Å². The van der Waals surface area contributed by atoms with E-state index in [0.717, 1.165) is 17.8 Å². The molecule has 0 saturated carbocycles. The van der Waals surface area contributed by atoms with Gasteiger partial charge in [0.15, 0.2) is 5.84 Å². The van der Waals surface area contributed by atoms with Gasteiger partial charge >= 0.3 is 0 Å². The third-order valence-corrected chi connectivity index (χ3v) is 3.40. The molecule has 1 saturated heterocycles. The van der Waals surface area contributed by atoms with Crippen molar-refractivity contribution in [3.8, 4) is 0 Å². The van der Waals surface area contributed by atoms with Crippen LogP contribution in [0, 0.1) is 6.92 Å². The second-order valence-corrected chi connectivity index (χ2v) is 4.69. The molecule has 3 N–H and O–H groups in total. The fourth-order valence-corrected chi connectivity index (χ4v) is 2.44. The molecule has 4 heteroatoms. The highest BCUT2D eigenvalue weighted by atomic mass is 16.4. The lowest BCUT2D eigenvalue weighted by molar-refractivity contribution is 0.318. The van der Waals surface area contributed by atoms with Crippen LogP contribution in [0.5, 0.6) is 0 Å². The number of benzene rings is 1. The Morgan fingerprint density at radius 1 is 1.53 bits per heavy atom. The maximum atomic E-state index is 8.84. The highest BCUT2D eigenvalue weighted by molar-refractivity contribution is 6.02. The van der Waals surface area contributed by atoms with Crippen LogP contribution in [-0.2, 0) is 0 Å². The highest BCUT2D eigenvalue weighted by Crippen LogP contribution is 2.29. The number of amidine groups is 1. The van der Waals surface area contributed by atoms with Crippen molar-refractivity contribution in [2.45, 2.75) is 32.7 Å². The fraction of sp³-hybridized carbons (Fsp3) is 0.462. The van der Waals surface area contributed by atoms with Crippen LogP contribution in [-0.4, -0.2) is 23.6 Å². The summed E-state index contributed by atoms with van der Waals surface area (Å²) in [6.45, 7) is 5.31. The number of anilines is 1. The molecule has 0 bridgehead atoms. The molecule has 1 heterocycles. The largest absolute Gasteiger partial charge is 0.409 e. The molecule has 1 fully saturated rings. The zero-order chi connectivity index (χ0) is 12.4. The van der Waals surface area contributed by atoms with Crippen molar-refractivity contribution >= 4 is 11.5 Å². The first-order valence-corrected chi connectivity index (χ1v) is 5.98. The first-order valence-electron chi connectivity index (χ1n) is 5.98. The lowest BCUT2D eigenvalue weighted by atomic mass is 10.1. The van der Waals surface area contributed by atoms with Gasteiger partial charge in [0.1, 0.15) is 0 Å². The van der Waals surface area contributed by atoms with E-state index in [1.807, 2.05) is 12.1 Å². The van der Waals surface area contributed by atoms with Crippen LogP contribution in [0.25, 0.3) is 0 Å². The molecule has 92 valence electrons. The zero-order valence-electron chi connectivity index (χ0n) is 10.3. The molecule has 1 aliphatic heterocycles. The molecule has 0 spiro atoms. The minimum Gasteiger partial charge on any atom is -0.409 e. The van der Waals surface area contributed by atoms with Gasteiger partial charge in [-0.1, -0.05) is 11.2 Å². The van der Waals surface area contributed by atoms with Crippen LogP contribution in [0.4, 0.5) is 5.69 Å². The standard InChI is InChI=1S/C13H19N3O/c1-9-5-6-11(13(14)15-17)12(8-9)16-7-3-4-10(16)2/h5-6,8,10,17H,3-4,7H2,1-2H3,(H2,14,15). The molecule has 0 aromatic heterocycles. The number of rotatable bonds is 2. The summed E-state index contributed by atoms with van der Waals surface area (Å²) in [7, 11) is 0. The van der Waals surface area contributed by atoms with E-state index in [1.165, 1.54) is 18.4 Å². The Hall–Kier alpha value is -1.71. The van der Waals surface area contributed by atoms with Crippen molar-refractivity contribution in [3.63, 3.8) is 0 Å². The number of nitrogens with two attached hydrogens (primary N) is 1. The quantitative estimate of drug-likeness (QED) is 0.356. The number of aryl methyl sites for hydroxylation is 1. The summed E-state index contributed by atoms with van der Waals surface area (Å²) in [6, 6.07) is 6.53. The van der Waals surface area contributed by atoms with Gasteiger partial charge in [0.2, 0.25) is 0 Å². The topological polar surface area (TPSA) is 61.9 Å². The third-order valence-electron chi connectivity index (χ3n) is 3.40. The lowest BCUT2D eigenvalue weighted by Gasteiger charge is -2.26. The third kappa shape index (κ3) is 2.20. The highest BCUT2D eigenvalue weighted by Gasteiger charge is 2.23. The van der Waals surface area contributed by atoms with E-state index in [0.29, 0.717) is 6.04 Å². The smallest absolute Gasteiger partial charge is 0.172 e. The van der Waals surface area contributed by atoms with Crippen molar-refractivity contribution in [2.75, 3.05) is 11.4 Å². The Labute approximate surface area is 102 Å².